The fourth-order valence-corrected chi connectivity index (χ4v) is 2.47. The summed E-state index contributed by atoms with van der Waals surface area (Å²) in [4.78, 5) is 11.9. The third-order valence-corrected chi connectivity index (χ3v) is 3.75. The van der Waals surface area contributed by atoms with Crippen molar-refractivity contribution in [3.05, 3.63) is 52.3 Å². The number of halogens is 2. The summed E-state index contributed by atoms with van der Waals surface area (Å²) < 4.78 is 19.4. The van der Waals surface area contributed by atoms with Crippen molar-refractivity contribution >= 4 is 33.4 Å². The lowest BCUT2D eigenvalue weighted by Crippen LogP contribution is -2.27. The van der Waals surface area contributed by atoms with Crippen LogP contribution in [0.2, 0.25) is 0 Å². The molecule has 25 heavy (non-hydrogen) atoms. The molecule has 2 aromatic carbocycles. The van der Waals surface area contributed by atoms with E-state index in [1.165, 1.54) is 18.2 Å². The number of amides is 1. The van der Waals surface area contributed by atoms with Gasteiger partial charge in [-0.2, -0.15) is 0 Å². The van der Waals surface area contributed by atoms with Gasteiger partial charge in [0, 0.05) is 6.54 Å². The van der Waals surface area contributed by atoms with Gasteiger partial charge in [-0.1, -0.05) is 6.07 Å². The first kappa shape index (κ1) is 19.1. The van der Waals surface area contributed by atoms with E-state index in [2.05, 4.69) is 26.6 Å². The highest BCUT2D eigenvalue weighted by atomic mass is 79.9. The highest BCUT2D eigenvalue weighted by Gasteiger charge is 2.17. The minimum atomic E-state index is -0.629. The molecule has 0 unspecified atom stereocenters. The van der Waals surface area contributed by atoms with Crippen LogP contribution in [0.5, 0.6) is 5.75 Å². The molecule has 7 heteroatoms. The second-order valence-corrected chi connectivity index (χ2v) is 7.31. The lowest BCUT2D eigenvalue weighted by molar-refractivity contribution is 0.0636. The molecular weight excluding hydrogens is 391 g/mol. The highest BCUT2D eigenvalue weighted by molar-refractivity contribution is 9.10. The molecule has 134 valence electrons. The van der Waals surface area contributed by atoms with Gasteiger partial charge >= 0.3 is 6.09 Å². The molecule has 0 saturated heterocycles. The van der Waals surface area contributed by atoms with Gasteiger partial charge in [-0.05, 0) is 72.6 Å². The Morgan fingerprint density at radius 2 is 1.92 bits per heavy atom. The first-order chi connectivity index (χ1) is 11.6. The number of ether oxygens (including phenoxy) is 1. The molecular formula is C18H20BrFN2O3. The van der Waals surface area contributed by atoms with Gasteiger partial charge in [0.2, 0.25) is 0 Å². The number of carbonyl (C=O) groups excluding carboxylic acids is 1. The first-order valence-electron chi connectivity index (χ1n) is 7.65. The van der Waals surface area contributed by atoms with Crippen molar-refractivity contribution < 1.29 is 19.0 Å². The van der Waals surface area contributed by atoms with Gasteiger partial charge in [-0.3, -0.25) is 5.32 Å². The maximum Gasteiger partial charge on any atom is 0.412 e. The van der Waals surface area contributed by atoms with E-state index in [0.29, 0.717) is 22.4 Å². The van der Waals surface area contributed by atoms with E-state index in [1.54, 1.807) is 39.0 Å². The maximum atomic E-state index is 13.6. The topological polar surface area (TPSA) is 70.6 Å². The molecule has 2 aromatic rings. The van der Waals surface area contributed by atoms with Crippen LogP contribution < -0.4 is 10.6 Å². The number of rotatable bonds is 4. The summed E-state index contributed by atoms with van der Waals surface area (Å²) in [6.07, 6.45) is -0.616. The molecule has 0 aliphatic carbocycles. The molecule has 0 saturated carbocycles. The van der Waals surface area contributed by atoms with Crippen LogP contribution in [-0.2, 0) is 11.3 Å². The van der Waals surface area contributed by atoms with E-state index in [4.69, 9.17) is 4.74 Å². The number of aromatic hydroxyl groups is 1. The van der Waals surface area contributed by atoms with E-state index in [-0.39, 0.29) is 5.75 Å². The number of nitrogens with one attached hydrogen (secondary N) is 2. The van der Waals surface area contributed by atoms with Crippen LogP contribution in [0.25, 0.3) is 0 Å². The molecule has 0 aromatic heterocycles. The third-order valence-electron chi connectivity index (χ3n) is 3.11. The van der Waals surface area contributed by atoms with Gasteiger partial charge in [0.1, 0.15) is 17.2 Å². The fourth-order valence-electron chi connectivity index (χ4n) is 2.04. The summed E-state index contributed by atoms with van der Waals surface area (Å²) in [5, 5.41) is 15.2. The zero-order valence-corrected chi connectivity index (χ0v) is 15.8. The van der Waals surface area contributed by atoms with Crippen molar-refractivity contribution in [2.24, 2.45) is 0 Å². The van der Waals surface area contributed by atoms with Crippen molar-refractivity contribution in [3.8, 4) is 5.75 Å². The quantitative estimate of drug-likeness (QED) is 0.643. The summed E-state index contributed by atoms with van der Waals surface area (Å²) in [7, 11) is 0. The molecule has 0 heterocycles. The van der Waals surface area contributed by atoms with Crippen molar-refractivity contribution in [1.82, 2.24) is 0 Å². The average molecular weight is 411 g/mol. The summed E-state index contributed by atoms with van der Waals surface area (Å²) >= 11 is 3.25. The molecule has 0 aliphatic heterocycles. The van der Waals surface area contributed by atoms with Crippen molar-refractivity contribution in [3.63, 3.8) is 0 Å². The molecule has 0 radical (unpaired) electrons. The summed E-state index contributed by atoms with van der Waals surface area (Å²) in [6.45, 7) is 5.67. The molecule has 3 N–H and O–H groups in total. The Kier molecular flexibility index (Phi) is 5.89. The SMILES string of the molecule is CC(C)(C)OC(=O)Nc1ccc(F)cc1NCc1ccc(O)c(Br)c1. The zero-order chi connectivity index (χ0) is 18.6. The monoisotopic (exact) mass is 410 g/mol. The van der Waals surface area contributed by atoms with Gasteiger partial charge in [-0.15, -0.1) is 0 Å². The molecule has 5 nitrogen and oxygen atoms in total. The molecule has 2 rings (SSSR count). The number of hydrogen-bond acceptors (Lipinski definition) is 4. The van der Waals surface area contributed by atoms with Crippen molar-refractivity contribution in [2.45, 2.75) is 32.9 Å². The Morgan fingerprint density at radius 1 is 1.20 bits per heavy atom. The summed E-state index contributed by atoms with van der Waals surface area (Å²) in [5.74, 6) is -0.286. The third kappa shape index (κ3) is 5.94. The van der Waals surface area contributed by atoms with Crippen LogP contribution in [0.4, 0.5) is 20.6 Å². The van der Waals surface area contributed by atoms with E-state index in [0.717, 1.165) is 5.56 Å². The zero-order valence-electron chi connectivity index (χ0n) is 14.2. The second-order valence-electron chi connectivity index (χ2n) is 6.46. The first-order valence-corrected chi connectivity index (χ1v) is 8.44. The number of hydrogen-bond donors (Lipinski definition) is 3. The number of benzene rings is 2. The Bertz CT molecular complexity index is 775. The van der Waals surface area contributed by atoms with Crippen LogP contribution in [0.15, 0.2) is 40.9 Å². The number of phenolic OH excluding ortho intramolecular Hbond substituents is 1. The second kappa shape index (κ2) is 7.74. The smallest absolute Gasteiger partial charge is 0.412 e. The lowest BCUT2D eigenvalue weighted by atomic mass is 10.2. The standard InChI is InChI=1S/C18H20BrFN2O3/c1-18(2,3)25-17(24)22-14-6-5-12(20)9-15(14)21-10-11-4-7-16(23)13(19)8-11/h4-9,21,23H,10H2,1-3H3,(H,22,24). The maximum absolute atomic E-state index is 13.6. The summed E-state index contributed by atoms with van der Waals surface area (Å²) in [6, 6.07) is 9.08. The predicted octanol–water partition coefficient (Wildman–Crippen LogP) is 5.25. The number of carbonyl (C=O) groups is 1. The van der Waals surface area contributed by atoms with Crippen LogP contribution in [0.3, 0.4) is 0 Å². The minimum Gasteiger partial charge on any atom is -0.507 e. The summed E-state index contributed by atoms with van der Waals surface area (Å²) in [5.41, 5.74) is 1.08. The molecule has 0 spiro atoms. The molecule has 0 fully saturated rings. The predicted molar refractivity (Wildman–Crippen MR) is 99.4 cm³/mol. The Hall–Kier alpha value is -2.28. The van der Waals surface area contributed by atoms with Crippen LogP contribution >= 0.6 is 15.9 Å². The molecule has 0 aliphatic rings. The van der Waals surface area contributed by atoms with Gasteiger partial charge in [0.25, 0.3) is 0 Å². The van der Waals surface area contributed by atoms with Crippen molar-refractivity contribution in [1.29, 1.82) is 0 Å². The van der Waals surface area contributed by atoms with Gasteiger partial charge in [0.15, 0.2) is 0 Å². The highest BCUT2D eigenvalue weighted by Crippen LogP contribution is 2.27. The Labute approximate surface area is 154 Å². The average Bonchev–Trinajstić information content (AvgIpc) is 2.49. The minimum absolute atomic E-state index is 0.141. The van der Waals surface area contributed by atoms with E-state index in [9.17, 15) is 14.3 Å². The largest absolute Gasteiger partial charge is 0.507 e. The normalized spacial score (nSPS) is 11.1. The van der Waals surface area contributed by atoms with Crippen LogP contribution in [0.1, 0.15) is 26.3 Å². The van der Waals surface area contributed by atoms with Crippen LogP contribution in [-0.4, -0.2) is 16.8 Å². The van der Waals surface area contributed by atoms with E-state index >= 15 is 0 Å². The van der Waals surface area contributed by atoms with Gasteiger partial charge < -0.3 is 15.2 Å². The lowest BCUT2D eigenvalue weighted by Gasteiger charge is -2.20. The van der Waals surface area contributed by atoms with E-state index in [1.807, 2.05) is 0 Å². The van der Waals surface area contributed by atoms with Gasteiger partial charge in [0.05, 0.1) is 15.8 Å². The fraction of sp³-hybridized carbons (Fsp3) is 0.278. The molecule has 0 bridgehead atoms. The van der Waals surface area contributed by atoms with Gasteiger partial charge in [-0.25, -0.2) is 9.18 Å². The van der Waals surface area contributed by atoms with Crippen molar-refractivity contribution in [2.75, 3.05) is 10.6 Å². The van der Waals surface area contributed by atoms with E-state index < -0.39 is 17.5 Å². The van der Waals surface area contributed by atoms with Crippen LogP contribution in [0, 0.1) is 5.82 Å². The number of anilines is 2. The Morgan fingerprint density at radius 3 is 2.56 bits per heavy atom. The molecule has 1 amide bonds. The Balaban J connectivity index is 2.12. The molecule has 0 atom stereocenters. The number of phenols is 1.